The highest BCUT2D eigenvalue weighted by Crippen LogP contribution is 2.78. The summed E-state index contributed by atoms with van der Waals surface area (Å²) in [6.45, 7) is 4.57. The monoisotopic (exact) mass is 811 g/mol. The lowest BCUT2D eigenvalue weighted by molar-refractivity contribution is -0.178. The Morgan fingerprint density at radius 1 is 0.780 bits per heavy atom. The molecule has 2 bridgehead atoms. The van der Waals surface area contributed by atoms with E-state index in [-0.39, 0.29) is 54.0 Å². The van der Waals surface area contributed by atoms with E-state index in [0.29, 0.717) is 67.1 Å². The molecule has 6 aliphatic rings. The van der Waals surface area contributed by atoms with Crippen molar-refractivity contribution in [3.8, 4) is 23.0 Å². The minimum absolute atomic E-state index is 0.00600. The molecule has 6 aliphatic carbocycles. The summed E-state index contributed by atoms with van der Waals surface area (Å²) < 4.78 is 51.1. The number of nitrogens with zero attached hydrogens (tertiary/aromatic N) is 1. The first-order valence-corrected chi connectivity index (χ1v) is 20.6. The maximum atomic E-state index is 14.8. The van der Waals surface area contributed by atoms with Crippen LogP contribution in [-0.2, 0) is 17.8 Å². The molecule has 59 heavy (non-hydrogen) atoms. The van der Waals surface area contributed by atoms with Crippen LogP contribution in [-0.4, -0.2) is 73.5 Å². The first-order valence-electron chi connectivity index (χ1n) is 20.6. The van der Waals surface area contributed by atoms with Gasteiger partial charge in [0.05, 0.1) is 53.1 Å². The number of rotatable bonds is 12. The molecule has 0 aromatic heterocycles. The molecule has 0 heterocycles. The highest BCUT2D eigenvalue weighted by Gasteiger charge is 2.74. The van der Waals surface area contributed by atoms with Crippen LogP contribution in [0.3, 0.4) is 0 Å². The first kappa shape index (κ1) is 41.0. The second-order valence-electron chi connectivity index (χ2n) is 18.1. The van der Waals surface area contributed by atoms with Crippen LogP contribution in [0.4, 0.5) is 8.78 Å². The Kier molecular flexibility index (Phi) is 10.3. The minimum Gasteiger partial charge on any atom is -0.497 e. The molecule has 1 amide bonds. The highest BCUT2D eigenvalue weighted by molar-refractivity contribution is 6.10. The summed E-state index contributed by atoms with van der Waals surface area (Å²) in [4.78, 5) is 31.2. The lowest BCUT2D eigenvalue weighted by Gasteiger charge is -2.71. The van der Waals surface area contributed by atoms with Gasteiger partial charge in [-0.1, -0.05) is 38.1 Å². The maximum Gasteiger partial charge on any atom is 0.227 e. The van der Waals surface area contributed by atoms with Gasteiger partial charge in [0.25, 0.3) is 0 Å². The van der Waals surface area contributed by atoms with Crippen molar-refractivity contribution < 1.29 is 47.5 Å². The van der Waals surface area contributed by atoms with Crippen LogP contribution >= 0.6 is 0 Å². The summed E-state index contributed by atoms with van der Waals surface area (Å²) in [6.07, 6.45) is 10.1. The zero-order chi connectivity index (χ0) is 42.1. The van der Waals surface area contributed by atoms with Crippen molar-refractivity contribution in [2.24, 2.45) is 33.5 Å². The van der Waals surface area contributed by atoms with E-state index < -0.39 is 39.6 Å². The van der Waals surface area contributed by atoms with Crippen molar-refractivity contribution in [3.05, 3.63) is 107 Å². The Hall–Kier alpha value is -4.74. The van der Waals surface area contributed by atoms with Crippen molar-refractivity contribution in [1.29, 1.82) is 0 Å². The van der Waals surface area contributed by atoms with Gasteiger partial charge in [0.1, 0.15) is 11.5 Å². The van der Waals surface area contributed by atoms with Crippen molar-refractivity contribution >= 4 is 11.7 Å². The van der Waals surface area contributed by atoms with Gasteiger partial charge in [-0.25, -0.2) is 8.78 Å². The first-order chi connectivity index (χ1) is 28.1. The summed E-state index contributed by atoms with van der Waals surface area (Å²) in [5, 5.41) is 24.3. The molecular formula is C48H55F2NO8. The van der Waals surface area contributed by atoms with Gasteiger partial charge >= 0.3 is 0 Å². The molecule has 8 unspecified atom stereocenters. The number of carbonyl (C=O) groups is 2. The molecule has 0 aliphatic heterocycles. The van der Waals surface area contributed by atoms with Gasteiger partial charge in [0.2, 0.25) is 5.91 Å². The van der Waals surface area contributed by atoms with E-state index in [1.807, 2.05) is 24.3 Å². The number of ketones is 1. The number of hydrogen-bond acceptors (Lipinski definition) is 8. The Morgan fingerprint density at radius 3 is 2.20 bits per heavy atom. The van der Waals surface area contributed by atoms with Gasteiger partial charge in [-0.3, -0.25) is 9.59 Å². The zero-order valence-electron chi connectivity index (χ0n) is 34.8. The highest BCUT2D eigenvalue weighted by atomic mass is 19.2. The number of fused-ring (bicyclic) bond motifs is 1. The van der Waals surface area contributed by atoms with E-state index in [9.17, 15) is 28.6 Å². The standard InChI is InChI=1S/C48H55F2NO8/c1-44-16-13-32(52)25-46(44)19-20-48(34(26-46)43(54)30-9-11-35(49)36(50)23-30)40(44)14-17-45(2)41(48)15-18-47(45,55)28-51(27-31-8-10-33(56-3)24-38(31)58-5)42(53)22-29-7-12-37(57-4)39(21-29)59-6/h7-12,19-21,23-24,26,32,40-41,52,55H,13-18,22,25,27-28H2,1-6H3. The molecule has 314 valence electrons. The molecule has 11 heteroatoms. The van der Waals surface area contributed by atoms with E-state index >= 15 is 0 Å². The third-order valence-electron chi connectivity index (χ3n) is 15.6. The maximum absolute atomic E-state index is 14.8. The third kappa shape index (κ3) is 6.20. The Bertz CT molecular complexity index is 2240. The summed E-state index contributed by atoms with van der Waals surface area (Å²) in [7, 11) is 6.25. The molecule has 9 nitrogen and oxygen atoms in total. The molecule has 0 radical (unpaired) electrons. The minimum atomic E-state index is -1.37. The lowest BCUT2D eigenvalue weighted by atomic mass is 9.32. The van der Waals surface area contributed by atoms with E-state index in [4.69, 9.17) is 18.9 Å². The predicted molar refractivity (Wildman–Crippen MR) is 217 cm³/mol. The number of amides is 1. The Balaban J connectivity index is 1.19. The molecular weight excluding hydrogens is 757 g/mol. The lowest BCUT2D eigenvalue weighted by Crippen LogP contribution is -2.67. The normalized spacial score (nSPS) is 32.6. The van der Waals surface area contributed by atoms with Crippen LogP contribution < -0.4 is 18.9 Å². The molecule has 8 atom stereocenters. The number of hydrogen-bond donors (Lipinski definition) is 2. The number of allylic oxidation sites excluding steroid dienone is 4. The van der Waals surface area contributed by atoms with Crippen LogP contribution in [0.2, 0.25) is 0 Å². The number of aliphatic hydroxyl groups excluding tert-OH is 1. The van der Waals surface area contributed by atoms with Gasteiger partial charge in [0.15, 0.2) is 28.9 Å². The van der Waals surface area contributed by atoms with Crippen LogP contribution in [0, 0.1) is 45.1 Å². The van der Waals surface area contributed by atoms with Crippen LogP contribution in [0.25, 0.3) is 0 Å². The van der Waals surface area contributed by atoms with Gasteiger partial charge in [-0.2, -0.15) is 0 Å². The number of benzene rings is 3. The topological polar surface area (TPSA) is 115 Å². The van der Waals surface area contributed by atoms with Crippen LogP contribution in [0.5, 0.6) is 23.0 Å². The molecule has 3 aromatic carbocycles. The molecule has 9 rings (SSSR count). The fourth-order valence-electron chi connectivity index (χ4n) is 12.4. The van der Waals surface area contributed by atoms with E-state index in [1.165, 1.54) is 6.07 Å². The van der Waals surface area contributed by atoms with Gasteiger partial charge in [0, 0.05) is 45.6 Å². The average Bonchev–Trinajstić information content (AvgIpc) is 3.50. The van der Waals surface area contributed by atoms with E-state index in [1.54, 1.807) is 51.5 Å². The summed E-state index contributed by atoms with van der Waals surface area (Å²) in [5.41, 5.74) is -1.78. The molecule has 3 aromatic rings. The molecule has 3 fully saturated rings. The zero-order valence-corrected chi connectivity index (χ0v) is 34.8. The van der Waals surface area contributed by atoms with Crippen molar-refractivity contribution in [2.75, 3.05) is 35.0 Å². The number of carbonyl (C=O) groups excluding carboxylic acids is 2. The SMILES string of the molecule is COc1ccc(CN(CC2(O)CCC3C45C=CC6(C=C4C(=O)c4ccc(F)c(F)c4)CC(O)CCC6(C)C5CCC32C)C(=O)Cc2ccc(OC)c(OC)c2)c(OC)c1. The predicted octanol–water partition coefficient (Wildman–Crippen LogP) is 8.04. The van der Waals surface area contributed by atoms with Crippen molar-refractivity contribution in [2.45, 2.75) is 83.5 Å². The molecule has 3 saturated carbocycles. The van der Waals surface area contributed by atoms with Gasteiger partial charge in [-0.15, -0.1) is 0 Å². The molecule has 0 saturated heterocycles. The largest absolute Gasteiger partial charge is 0.497 e. The number of methoxy groups -OCH3 is 4. The summed E-state index contributed by atoms with van der Waals surface area (Å²) in [6, 6.07) is 14.1. The summed E-state index contributed by atoms with van der Waals surface area (Å²) >= 11 is 0. The number of ether oxygens (including phenoxy) is 4. The van der Waals surface area contributed by atoms with E-state index in [2.05, 4.69) is 26.0 Å². The van der Waals surface area contributed by atoms with Crippen LogP contribution in [0.1, 0.15) is 80.3 Å². The Morgan fingerprint density at radius 2 is 1.49 bits per heavy atom. The fraction of sp³-hybridized carbons (Fsp3) is 0.500. The van der Waals surface area contributed by atoms with Gasteiger partial charge < -0.3 is 34.1 Å². The van der Waals surface area contributed by atoms with Crippen molar-refractivity contribution in [3.63, 3.8) is 0 Å². The number of halogens is 2. The third-order valence-corrected chi connectivity index (χ3v) is 15.6. The molecule has 2 N–H and O–H groups in total. The fourth-order valence-corrected chi connectivity index (χ4v) is 12.4. The number of aliphatic hydroxyl groups is 2. The second kappa shape index (κ2) is 14.8. The quantitative estimate of drug-likeness (QED) is 0.140. The van der Waals surface area contributed by atoms with E-state index in [0.717, 1.165) is 29.7 Å². The van der Waals surface area contributed by atoms with Crippen LogP contribution in [0.15, 0.2) is 78.4 Å². The van der Waals surface area contributed by atoms with Gasteiger partial charge in [-0.05, 0) is 110 Å². The second-order valence-corrected chi connectivity index (χ2v) is 18.1. The smallest absolute Gasteiger partial charge is 0.227 e. The molecule has 2 spiro atoms. The average molecular weight is 812 g/mol. The Labute approximate surface area is 345 Å². The van der Waals surface area contributed by atoms with Crippen molar-refractivity contribution in [1.82, 2.24) is 4.90 Å². The summed E-state index contributed by atoms with van der Waals surface area (Å²) in [5.74, 6) is -0.716. The number of Topliss-reactive ketones (excluding diaryl/α,β-unsaturated/α-hetero) is 1.